The van der Waals surface area contributed by atoms with Crippen LogP contribution in [0.3, 0.4) is 0 Å². The van der Waals surface area contributed by atoms with Crippen LogP contribution in [0.1, 0.15) is 75.3 Å². The number of fused-ring (bicyclic) bond motifs is 6. The SMILES string of the molecule is O=C(CCCCCCCNC(=O)OCOC(=O)NCCCCCCNC(=O)OCc1ccc2[n+](c1)CC[n+]1ccccc1-2)OCc1ccc2[n+](c1)CC[n+]1ccccc1-2. The van der Waals surface area contributed by atoms with E-state index in [2.05, 4.69) is 77.1 Å². The smallest absolute Gasteiger partial charge is 0.410 e. The molecular weight excluding hydrogens is 755 g/mol. The molecule has 6 rings (SSSR count). The molecule has 4 aromatic heterocycles. The van der Waals surface area contributed by atoms with Crippen LogP contribution < -0.4 is 34.2 Å². The second kappa shape index (κ2) is 22.7. The van der Waals surface area contributed by atoms with Crippen molar-refractivity contribution in [2.75, 3.05) is 26.4 Å². The Morgan fingerprint density at radius 2 is 0.881 bits per heavy atom. The number of nitrogens with zero attached hydrogens (tertiary/aromatic N) is 4. The van der Waals surface area contributed by atoms with Crippen molar-refractivity contribution in [3.8, 4) is 22.8 Å². The molecule has 0 spiro atoms. The van der Waals surface area contributed by atoms with E-state index in [4.69, 9.17) is 18.9 Å². The lowest BCUT2D eigenvalue weighted by Crippen LogP contribution is -2.53. The highest BCUT2D eigenvalue weighted by molar-refractivity contribution is 5.69. The maximum Gasteiger partial charge on any atom is 0.410 e. The standard InChI is InChI=1S/C44H54N7O8/c52-41(56-32-35-17-19-39-37-14-7-12-24-48(37)26-28-50(39)30-35)16-6-2-1-3-9-22-46-43(54)58-34-59-44(55)47-23-11-5-4-10-21-45-42(53)57-33-36-18-20-40-38-15-8-13-25-49(38)27-29-51(40)31-36/h7-8,12-15,17-20,24-25,30-31H,1-6,9-11,16,21-23,26-29,32-34H2/q+1/p+3. The zero-order chi connectivity index (χ0) is 41.1. The summed E-state index contributed by atoms with van der Waals surface area (Å²) >= 11 is 0. The molecule has 0 saturated heterocycles. The lowest BCUT2D eigenvalue weighted by molar-refractivity contribution is -0.795. The number of hydrogen-bond acceptors (Lipinski definition) is 8. The Balaban J connectivity index is 0.685. The summed E-state index contributed by atoms with van der Waals surface area (Å²) in [5, 5.41) is 8.08. The van der Waals surface area contributed by atoms with Gasteiger partial charge in [0.2, 0.25) is 33.0 Å². The summed E-state index contributed by atoms with van der Waals surface area (Å²) in [5.41, 5.74) is 6.54. The number of carbonyl (C=O) groups excluding carboxylic acids is 4. The molecule has 2 aliphatic rings. The highest BCUT2D eigenvalue weighted by Gasteiger charge is 2.30. The van der Waals surface area contributed by atoms with E-state index < -0.39 is 25.1 Å². The molecule has 3 amide bonds. The first-order valence-corrected chi connectivity index (χ1v) is 20.8. The Labute approximate surface area is 345 Å². The van der Waals surface area contributed by atoms with Gasteiger partial charge in [0.25, 0.3) is 22.8 Å². The molecule has 312 valence electrons. The molecule has 0 atom stereocenters. The van der Waals surface area contributed by atoms with Gasteiger partial charge in [-0.1, -0.05) is 32.1 Å². The number of carbonyl (C=O) groups is 4. The van der Waals surface area contributed by atoms with Crippen LogP contribution in [0.25, 0.3) is 22.8 Å². The van der Waals surface area contributed by atoms with E-state index in [0.29, 0.717) is 26.1 Å². The van der Waals surface area contributed by atoms with Crippen molar-refractivity contribution in [1.82, 2.24) is 16.0 Å². The van der Waals surface area contributed by atoms with Crippen molar-refractivity contribution in [3.05, 3.63) is 96.6 Å². The summed E-state index contributed by atoms with van der Waals surface area (Å²) in [5.74, 6) is -0.196. The number of rotatable bonds is 21. The van der Waals surface area contributed by atoms with Crippen LogP contribution in [0.4, 0.5) is 14.4 Å². The molecule has 0 fully saturated rings. The molecule has 0 aliphatic carbocycles. The fourth-order valence-electron chi connectivity index (χ4n) is 7.21. The zero-order valence-corrected chi connectivity index (χ0v) is 33.8. The quantitative estimate of drug-likeness (QED) is 0.0366. The van der Waals surface area contributed by atoms with Gasteiger partial charge >= 0.3 is 24.2 Å². The van der Waals surface area contributed by atoms with Crippen LogP contribution in [-0.2, 0) is 63.1 Å². The average molecular weight is 812 g/mol. The first-order chi connectivity index (χ1) is 28.9. The van der Waals surface area contributed by atoms with Gasteiger partial charge in [0, 0.05) is 62.5 Å². The van der Waals surface area contributed by atoms with Crippen molar-refractivity contribution in [2.24, 2.45) is 0 Å². The number of amides is 3. The third-order valence-corrected chi connectivity index (χ3v) is 10.4. The maximum atomic E-state index is 12.3. The van der Waals surface area contributed by atoms with E-state index in [1.54, 1.807) is 0 Å². The Hall–Kier alpha value is -6.12. The third kappa shape index (κ3) is 13.5. The number of alkyl carbamates (subject to hydrolysis) is 3. The van der Waals surface area contributed by atoms with Crippen molar-refractivity contribution in [2.45, 2.75) is 104 Å². The van der Waals surface area contributed by atoms with E-state index in [0.717, 1.165) is 106 Å². The Bertz CT molecular complexity index is 1900. The molecule has 15 heteroatoms. The van der Waals surface area contributed by atoms with Crippen LogP contribution in [0.5, 0.6) is 0 Å². The molecule has 0 radical (unpaired) electrons. The van der Waals surface area contributed by atoms with Crippen LogP contribution in [-0.4, -0.2) is 50.7 Å². The van der Waals surface area contributed by atoms with E-state index in [9.17, 15) is 19.2 Å². The first-order valence-electron chi connectivity index (χ1n) is 20.8. The minimum absolute atomic E-state index is 0.196. The maximum absolute atomic E-state index is 12.3. The number of pyridine rings is 4. The van der Waals surface area contributed by atoms with Gasteiger partial charge in [-0.05, 0) is 49.9 Å². The summed E-state index contributed by atoms with van der Waals surface area (Å²) in [6, 6.07) is 20.5. The first kappa shape index (κ1) is 42.5. The molecule has 0 unspecified atom stereocenters. The fraction of sp³-hybridized carbons (Fsp3) is 0.455. The van der Waals surface area contributed by atoms with Gasteiger partial charge in [-0.15, -0.1) is 0 Å². The highest BCUT2D eigenvalue weighted by Crippen LogP contribution is 2.16. The summed E-state index contributed by atoms with van der Waals surface area (Å²) < 4.78 is 29.6. The van der Waals surface area contributed by atoms with Crippen molar-refractivity contribution in [3.63, 3.8) is 0 Å². The predicted molar refractivity (Wildman–Crippen MR) is 213 cm³/mol. The number of esters is 1. The summed E-state index contributed by atoms with van der Waals surface area (Å²) in [7, 11) is 0. The lowest BCUT2D eigenvalue weighted by Gasteiger charge is -2.11. The fourth-order valence-corrected chi connectivity index (χ4v) is 7.21. The number of nitrogens with one attached hydrogen (secondary N) is 3. The van der Waals surface area contributed by atoms with E-state index in [1.165, 1.54) is 11.4 Å². The van der Waals surface area contributed by atoms with Gasteiger partial charge in [0.15, 0.2) is 24.8 Å². The average Bonchev–Trinajstić information content (AvgIpc) is 3.26. The molecule has 0 bridgehead atoms. The topological polar surface area (TPSA) is 157 Å². The normalized spacial score (nSPS) is 12.1. The van der Waals surface area contributed by atoms with Gasteiger partial charge in [-0.25, -0.2) is 14.4 Å². The Kier molecular flexibility index (Phi) is 16.4. The van der Waals surface area contributed by atoms with Crippen LogP contribution in [0.2, 0.25) is 0 Å². The molecule has 0 saturated carbocycles. The zero-order valence-electron chi connectivity index (χ0n) is 33.8. The van der Waals surface area contributed by atoms with Crippen molar-refractivity contribution < 1.29 is 56.4 Å². The lowest BCUT2D eigenvalue weighted by atomic mass is 10.1. The van der Waals surface area contributed by atoms with E-state index in [1.807, 2.05) is 42.6 Å². The minimum Gasteiger partial charge on any atom is -0.461 e. The number of aryl methyl sites for hydroxylation is 4. The highest BCUT2D eigenvalue weighted by atomic mass is 16.7. The predicted octanol–water partition coefficient (Wildman–Crippen LogP) is 4.48. The van der Waals surface area contributed by atoms with Gasteiger partial charge in [0.05, 0.1) is 11.1 Å². The summed E-state index contributed by atoms with van der Waals surface area (Å²) in [6.45, 7) is 4.91. The van der Waals surface area contributed by atoms with Gasteiger partial charge in [0.1, 0.15) is 13.2 Å². The Morgan fingerprint density at radius 1 is 0.458 bits per heavy atom. The third-order valence-electron chi connectivity index (χ3n) is 10.4. The minimum atomic E-state index is -0.657. The molecule has 3 N–H and O–H groups in total. The van der Waals surface area contributed by atoms with Crippen LogP contribution in [0, 0.1) is 0 Å². The van der Waals surface area contributed by atoms with Crippen molar-refractivity contribution in [1.29, 1.82) is 0 Å². The second-order valence-electron chi connectivity index (χ2n) is 14.7. The van der Waals surface area contributed by atoms with Gasteiger partial charge in [-0.2, -0.15) is 18.3 Å². The number of aromatic nitrogens is 4. The monoisotopic (exact) mass is 811 g/mol. The van der Waals surface area contributed by atoms with Gasteiger partial charge < -0.3 is 34.9 Å². The number of unbranched alkanes of at least 4 members (excludes halogenated alkanes) is 7. The number of ether oxygens (including phenoxy) is 4. The molecular formula is C44H57N7O8+4. The van der Waals surface area contributed by atoms with Gasteiger partial charge in [-0.3, -0.25) is 4.79 Å². The van der Waals surface area contributed by atoms with Crippen LogP contribution >= 0.6 is 0 Å². The Morgan fingerprint density at radius 3 is 1.41 bits per heavy atom. The number of hydrogen-bond donors (Lipinski definition) is 3. The largest absolute Gasteiger partial charge is 0.461 e. The summed E-state index contributed by atoms with van der Waals surface area (Å²) in [4.78, 5) is 48.2. The second-order valence-corrected chi connectivity index (χ2v) is 14.7. The summed E-state index contributed by atoms with van der Waals surface area (Å²) in [6.07, 6.45) is 14.4. The molecule has 6 heterocycles. The van der Waals surface area contributed by atoms with Crippen LogP contribution in [0.15, 0.2) is 85.5 Å². The molecule has 59 heavy (non-hydrogen) atoms. The van der Waals surface area contributed by atoms with E-state index in [-0.39, 0.29) is 19.2 Å². The van der Waals surface area contributed by atoms with E-state index >= 15 is 0 Å². The molecule has 4 aromatic rings. The molecule has 2 aliphatic heterocycles. The van der Waals surface area contributed by atoms with Crippen molar-refractivity contribution >= 4 is 24.2 Å². The molecule has 0 aromatic carbocycles. The molecule has 15 nitrogen and oxygen atoms in total.